The zero-order valence-electron chi connectivity index (χ0n) is 9.79. The Hall–Kier alpha value is -1.07. The predicted octanol–water partition coefficient (Wildman–Crippen LogP) is 5.21. The third-order valence-corrected chi connectivity index (χ3v) is 3.64. The molecule has 2 aromatic carbocycles. The zero-order chi connectivity index (χ0) is 14.9. The first-order valence-corrected chi connectivity index (χ1v) is 6.84. The standard InChI is InChI=1S/C13H7Cl3FNOS/c14-8-4-10(16)12(5-9(8)15)19-11-2-1-6(17)3-7(11)13(18)20/h1-5H,(H2,18,20). The topological polar surface area (TPSA) is 35.2 Å². The zero-order valence-corrected chi connectivity index (χ0v) is 12.9. The van der Waals surface area contributed by atoms with Gasteiger partial charge in [0.25, 0.3) is 0 Å². The minimum atomic E-state index is -0.472. The van der Waals surface area contributed by atoms with Gasteiger partial charge < -0.3 is 10.5 Å². The SMILES string of the molecule is NC(=S)c1cc(F)ccc1Oc1cc(Cl)c(Cl)cc1Cl. The van der Waals surface area contributed by atoms with Crippen molar-refractivity contribution in [2.45, 2.75) is 0 Å². The Balaban J connectivity index is 2.45. The van der Waals surface area contributed by atoms with E-state index in [1.807, 2.05) is 0 Å². The molecule has 0 radical (unpaired) electrons. The van der Waals surface area contributed by atoms with Crippen LogP contribution in [-0.2, 0) is 0 Å². The molecular formula is C13H7Cl3FNOS. The number of rotatable bonds is 3. The summed E-state index contributed by atoms with van der Waals surface area (Å²) in [6, 6.07) is 6.72. The molecule has 0 aliphatic carbocycles. The van der Waals surface area contributed by atoms with E-state index < -0.39 is 5.82 Å². The van der Waals surface area contributed by atoms with Crippen LogP contribution in [0.2, 0.25) is 15.1 Å². The predicted molar refractivity (Wildman–Crippen MR) is 83.8 cm³/mol. The number of halogens is 4. The summed E-state index contributed by atoms with van der Waals surface area (Å²) in [6.45, 7) is 0. The van der Waals surface area contributed by atoms with Gasteiger partial charge in [0, 0.05) is 6.07 Å². The monoisotopic (exact) mass is 349 g/mol. The molecule has 0 amide bonds. The summed E-state index contributed by atoms with van der Waals surface area (Å²) in [6.07, 6.45) is 0. The third-order valence-electron chi connectivity index (χ3n) is 2.40. The van der Waals surface area contributed by atoms with E-state index in [1.165, 1.54) is 30.3 Å². The van der Waals surface area contributed by atoms with E-state index in [0.29, 0.717) is 5.02 Å². The molecule has 2 N–H and O–H groups in total. The summed E-state index contributed by atoms with van der Waals surface area (Å²) >= 11 is 22.6. The molecule has 0 saturated heterocycles. The van der Waals surface area contributed by atoms with Gasteiger partial charge in [-0.2, -0.15) is 0 Å². The molecule has 0 bridgehead atoms. The molecule has 0 fully saturated rings. The molecule has 2 aromatic rings. The van der Waals surface area contributed by atoms with Crippen LogP contribution in [-0.4, -0.2) is 4.99 Å². The maximum absolute atomic E-state index is 13.2. The van der Waals surface area contributed by atoms with Gasteiger partial charge in [-0.05, 0) is 24.3 Å². The van der Waals surface area contributed by atoms with E-state index in [2.05, 4.69) is 0 Å². The van der Waals surface area contributed by atoms with E-state index in [0.717, 1.165) is 0 Å². The van der Waals surface area contributed by atoms with Crippen molar-refractivity contribution < 1.29 is 9.13 Å². The van der Waals surface area contributed by atoms with Crippen LogP contribution in [0.15, 0.2) is 30.3 Å². The average Bonchev–Trinajstić information content (AvgIpc) is 2.37. The van der Waals surface area contributed by atoms with Crippen molar-refractivity contribution in [2.24, 2.45) is 5.73 Å². The fraction of sp³-hybridized carbons (Fsp3) is 0. The molecular weight excluding hydrogens is 344 g/mol. The first-order chi connectivity index (χ1) is 9.38. The smallest absolute Gasteiger partial charge is 0.147 e. The van der Waals surface area contributed by atoms with Crippen LogP contribution in [0.4, 0.5) is 4.39 Å². The van der Waals surface area contributed by atoms with Crippen LogP contribution in [0.1, 0.15) is 5.56 Å². The molecule has 2 rings (SSSR count). The van der Waals surface area contributed by atoms with Gasteiger partial charge in [-0.3, -0.25) is 0 Å². The highest BCUT2D eigenvalue weighted by molar-refractivity contribution is 7.80. The lowest BCUT2D eigenvalue weighted by atomic mass is 10.2. The first kappa shape index (κ1) is 15.3. The fourth-order valence-corrected chi connectivity index (χ4v) is 2.22. The van der Waals surface area contributed by atoms with E-state index in [4.69, 9.17) is 57.5 Å². The van der Waals surface area contributed by atoms with Crippen LogP contribution >= 0.6 is 47.0 Å². The highest BCUT2D eigenvalue weighted by Crippen LogP contribution is 2.37. The Morgan fingerprint density at radius 2 is 1.65 bits per heavy atom. The second-order valence-electron chi connectivity index (χ2n) is 3.80. The van der Waals surface area contributed by atoms with Gasteiger partial charge in [0.2, 0.25) is 0 Å². The summed E-state index contributed by atoms with van der Waals surface area (Å²) < 4.78 is 18.8. The van der Waals surface area contributed by atoms with Crippen molar-refractivity contribution in [2.75, 3.05) is 0 Å². The van der Waals surface area contributed by atoms with Crippen LogP contribution in [0, 0.1) is 5.82 Å². The van der Waals surface area contributed by atoms with Gasteiger partial charge in [-0.15, -0.1) is 0 Å². The number of benzene rings is 2. The van der Waals surface area contributed by atoms with E-state index >= 15 is 0 Å². The quantitative estimate of drug-likeness (QED) is 0.609. The van der Waals surface area contributed by atoms with Crippen molar-refractivity contribution in [1.82, 2.24) is 0 Å². The normalized spacial score (nSPS) is 10.4. The highest BCUT2D eigenvalue weighted by Gasteiger charge is 2.13. The minimum absolute atomic E-state index is 0.00989. The number of hydrogen-bond donors (Lipinski definition) is 1. The van der Waals surface area contributed by atoms with Crippen LogP contribution < -0.4 is 10.5 Å². The van der Waals surface area contributed by atoms with E-state index in [1.54, 1.807) is 0 Å². The lowest BCUT2D eigenvalue weighted by molar-refractivity contribution is 0.480. The number of thiocarbonyl (C=S) groups is 1. The molecule has 0 atom stereocenters. The van der Waals surface area contributed by atoms with Crippen LogP contribution in [0.5, 0.6) is 11.5 Å². The molecule has 0 heterocycles. The molecule has 2 nitrogen and oxygen atoms in total. The molecule has 0 saturated carbocycles. The van der Waals surface area contributed by atoms with Crippen molar-refractivity contribution >= 4 is 52.0 Å². The van der Waals surface area contributed by atoms with Crippen molar-refractivity contribution in [3.8, 4) is 11.5 Å². The summed E-state index contributed by atoms with van der Waals surface area (Å²) in [5.41, 5.74) is 5.80. The Morgan fingerprint density at radius 1 is 1.00 bits per heavy atom. The van der Waals surface area contributed by atoms with Crippen LogP contribution in [0.25, 0.3) is 0 Å². The molecule has 0 aliphatic heterocycles. The summed E-state index contributed by atoms with van der Waals surface area (Å²) in [7, 11) is 0. The number of ether oxygens (including phenoxy) is 1. The molecule has 0 aromatic heterocycles. The van der Waals surface area contributed by atoms with Crippen molar-refractivity contribution in [3.63, 3.8) is 0 Å². The van der Waals surface area contributed by atoms with E-state index in [-0.39, 0.29) is 32.1 Å². The Kier molecular flexibility index (Phi) is 4.70. The van der Waals surface area contributed by atoms with E-state index in [9.17, 15) is 4.39 Å². The lowest BCUT2D eigenvalue weighted by Crippen LogP contribution is -2.11. The molecule has 7 heteroatoms. The van der Waals surface area contributed by atoms with Gasteiger partial charge >= 0.3 is 0 Å². The van der Waals surface area contributed by atoms with Gasteiger partial charge in [0.15, 0.2) is 0 Å². The number of nitrogens with two attached hydrogens (primary N) is 1. The van der Waals surface area contributed by atoms with Crippen molar-refractivity contribution in [3.05, 3.63) is 56.8 Å². The molecule has 0 aliphatic rings. The maximum Gasteiger partial charge on any atom is 0.147 e. The highest BCUT2D eigenvalue weighted by atomic mass is 35.5. The Bertz CT molecular complexity index is 694. The third kappa shape index (κ3) is 3.33. The minimum Gasteiger partial charge on any atom is -0.455 e. The molecule has 0 unspecified atom stereocenters. The van der Waals surface area contributed by atoms with Gasteiger partial charge in [-0.1, -0.05) is 47.0 Å². The molecule has 104 valence electrons. The maximum atomic E-state index is 13.2. The van der Waals surface area contributed by atoms with Gasteiger partial charge in [0.05, 0.1) is 20.6 Å². The molecule has 20 heavy (non-hydrogen) atoms. The Labute approximate surface area is 135 Å². The summed E-state index contributed by atoms with van der Waals surface area (Å²) in [5.74, 6) is 0.0738. The summed E-state index contributed by atoms with van der Waals surface area (Å²) in [5, 5.41) is 0.848. The van der Waals surface area contributed by atoms with Crippen LogP contribution in [0.3, 0.4) is 0 Å². The Morgan fingerprint density at radius 3 is 2.30 bits per heavy atom. The largest absolute Gasteiger partial charge is 0.455 e. The lowest BCUT2D eigenvalue weighted by Gasteiger charge is -2.12. The van der Waals surface area contributed by atoms with Gasteiger partial charge in [0.1, 0.15) is 22.3 Å². The average molecular weight is 351 g/mol. The second-order valence-corrected chi connectivity index (χ2v) is 5.46. The van der Waals surface area contributed by atoms with Gasteiger partial charge in [-0.25, -0.2) is 4.39 Å². The fourth-order valence-electron chi connectivity index (χ4n) is 1.48. The summed E-state index contributed by atoms with van der Waals surface area (Å²) in [4.78, 5) is 0.00989. The number of hydrogen-bond acceptors (Lipinski definition) is 2. The molecule has 0 spiro atoms. The second kappa shape index (κ2) is 6.14. The van der Waals surface area contributed by atoms with Crippen molar-refractivity contribution in [1.29, 1.82) is 0 Å². The first-order valence-electron chi connectivity index (χ1n) is 5.30.